The lowest BCUT2D eigenvalue weighted by Gasteiger charge is -2.10. The Labute approximate surface area is 314 Å². The number of carbonyl (C=O) groups excluding carboxylic acids is 8. The minimum atomic E-state index is -0.958. The van der Waals surface area contributed by atoms with E-state index in [1.165, 1.54) is 80.6 Å². The van der Waals surface area contributed by atoms with Gasteiger partial charge in [-0.25, -0.2) is 33.6 Å². The summed E-state index contributed by atoms with van der Waals surface area (Å²) in [6, 6.07) is 15.2. The topological polar surface area (TPSA) is 201 Å². The summed E-state index contributed by atoms with van der Waals surface area (Å²) in [5.41, 5.74) is 1.04. The van der Waals surface area contributed by atoms with Gasteiger partial charge in [0.15, 0.2) is 5.78 Å². The van der Waals surface area contributed by atoms with Gasteiger partial charge in [-0.3, -0.25) is 4.79 Å². The van der Waals surface area contributed by atoms with Crippen LogP contribution in [-0.2, 0) is 43.0 Å². The molecule has 284 valence electrons. The zero-order chi connectivity index (χ0) is 40.5. The Balaban J connectivity index is 1.46. The minimum absolute atomic E-state index is 0.0619. The molecule has 3 aromatic rings. The Morgan fingerprint density at radius 3 is 1.55 bits per heavy atom. The van der Waals surface area contributed by atoms with E-state index in [1.54, 1.807) is 6.92 Å². The molecule has 0 saturated heterocycles. The first-order valence-electron chi connectivity index (χ1n) is 16.0. The number of benzene rings is 3. The zero-order valence-corrected chi connectivity index (χ0v) is 29.8. The van der Waals surface area contributed by atoms with Crippen LogP contribution in [0.2, 0.25) is 0 Å². The van der Waals surface area contributed by atoms with Crippen molar-refractivity contribution in [3.8, 4) is 23.0 Å². The lowest BCUT2D eigenvalue weighted by atomic mass is 10.2. The summed E-state index contributed by atoms with van der Waals surface area (Å²) < 4.78 is 35.1. The molecule has 0 aromatic heterocycles. The maximum atomic E-state index is 12.7. The molecule has 3 aromatic carbocycles. The highest BCUT2D eigenvalue weighted by Crippen LogP contribution is 2.26. The molecule has 0 saturated carbocycles. The van der Waals surface area contributed by atoms with Crippen molar-refractivity contribution in [2.45, 2.75) is 27.2 Å². The molecular weight excluding hydrogens is 720 g/mol. The molecule has 0 atom stereocenters. The fourth-order valence-corrected chi connectivity index (χ4v) is 3.80. The summed E-state index contributed by atoms with van der Waals surface area (Å²) >= 11 is 0. The maximum absolute atomic E-state index is 12.7. The molecule has 3 rings (SSSR count). The van der Waals surface area contributed by atoms with E-state index in [4.69, 9.17) is 23.7 Å². The fraction of sp³-hybridized carbons (Fsp3) is 0.150. The van der Waals surface area contributed by atoms with E-state index < -0.39 is 54.4 Å². The smallest absolute Gasteiger partial charge is 0.343 e. The number of allylic oxidation sites excluding steroid dienone is 1. The Kier molecular flexibility index (Phi) is 15.7. The van der Waals surface area contributed by atoms with Crippen LogP contribution in [0.5, 0.6) is 23.0 Å². The highest BCUT2D eigenvalue weighted by atomic mass is 16.7. The minimum Gasteiger partial charge on any atom is -0.462 e. The molecule has 0 aliphatic heterocycles. The average molecular weight is 755 g/mol. The number of hydrogen-bond donors (Lipinski definition) is 0. The van der Waals surface area contributed by atoms with Crippen LogP contribution in [0.4, 0.5) is 0 Å². The number of esters is 7. The van der Waals surface area contributed by atoms with Crippen LogP contribution in [0.25, 0.3) is 0 Å². The lowest BCUT2D eigenvalue weighted by molar-refractivity contribution is -0.161. The van der Waals surface area contributed by atoms with E-state index in [0.717, 1.165) is 24.3 Å². The van der Waals surface area contributed by atoms with Crippen LogP contribution in [0.1, 0.15) is 46.5 Å². The molecule has 55 heavy (non-hydrogen) atoms. The van der Waals surface area contributed by atoms with Crippen molar-refractivity contribution in [2.75, 3.05) is 13.4 Å². The van der Waals surface area contributed by atoms with E-state index >= 15 is 0 Å². The third-order valence-corrected chi connectivity index (χ3v) is 6.61. The molecule has 0 fully saturated rings. The molecule has 0 bridgehead atoms. The van der Waals surface area contributed by atoms with Crippen molar-refractivity contribution in [3.05, 3.63) is 132 Å². The molecule has 0 spiro atoms. The molecule has 0 aliphatic carbocycles. The molecule has 0 unspecified atom stereocenters. The molecule has 0 radical (unpaired) electrons. The highest BCUT2D eigenvalue weighted by Gasteiger charge is 2.15. The van der Waals surface area contributed by atoms with Crippen LogP contribution in [-0.4, -0.2) is 61.0 Å². The normalized spacial score (nSPS) is 10.5. The Morgan fingerprint density at radius 2 is 1.02 bits per heavy atom. The Hall–Kier alpha value is -7.42. The van der Waals surface area contributed by atoms with Crippen LogP contribution in [0, 0.1) is 6.92 Å². The summed E-state index contributed by atoms with van der Waals surface area (Å²) in [7, 11) is 0. The van der Waals surface area contributed by atoms with Gasteiger partial charge in [0.2, 0.25) is 6.79 Å². The number of carbonyl (C=O) groups is 8. The monoisotopic (exact) mass is 754 g/mol. The Bertz CT molecular complexity index is 2050. The fourth-order valence-electron chi connectivity index (χ4n) is 3.80. The highest BCUT2D eigenvalue weighted by molar-refractivity contribution is 5.97. The molecule has 0 aliphatic rings. The molecule has 0 heterocycles. The van der Waals surface area contributed by atoms with Gasteiger partial charge in [0.05, 0.1) is 17.7 Å². The lowest BCUT2D eigenvalue weighted by Crippen LogP contribution is -2.12. The second kappa shape index (κ2) is 20.6. The third-order valence-electron chi connectivity index (χ3n) is 6.61. The number of ketones is 1. The predicted octanol–water partition coefficient (Wildman–Crippen LogP) is 5.06. The van der Waals surface area contributed by atoms with E-state index in [2.05, 4.69) is 22.6 Å². The van der Waals surface area contributed by atoms with Gasteiger partial charge in [0.25, 0.3) is 0 Å². The largest absolute Gasteiger partial charge is 0.462 e. The summed E-state index contributed by atoms with van der Waals surface area (Å²) in [4.78, 5) is 95.6. The van der Waals surface area contributed by atoms with Gasteiger partial charge in [0.1, 0.15) is 23.0 Å². The second-order valence-electron chi connectivity index (χ2n) is 11.2. The standard InChI is InChI=1S/C40H34O15/c1-24(2)37(45)49-21-20-29(41)10-17-35(43)52-30-11-6-27(7-12-30)39(47)54-32-15-16-33(26(5)22-32)55-40(48)28-8-13-31(14-9-28)53-36(44)19-18-34(42)50-23-51-38(46)25(3)4/h6-19,22H,1,3,20-21,23H2,2,4-5H3/b17-10+,19-18+. The predicted molar refractivity (Wildman–Crippen MR) is 191 cm³/mol. The average Bonchev–Trinajstić information content (AvgIpc) is 3.14. The summed E-state index contributed by atoms with van der Waals surface area (Å²) in [5.74, 6) is -5.51. The Morgan fingerprint density at radius 1 is 0.545 bits per heavy atom. The van der Waals surface area contributed by atoms with Gasteiger partial charge < -0.3 is 33.2 Å². The quantitative estimate of drug-likeness (QED) is 0.0766. The van der Waals surface area contributed by atoms with Crippen molar-refractivity contribution in [1.82, 2.24) is 0 Å². The first-order valence-corrected chi connectivity index (χ1v) is 16.0. The van der Waals surface area contributed by atoms with Gasteiger partial charge in [-0.05, 0) is 99.1 Å². The van der Waals surface area contributed by atoms with E-state index in [-0.39, 0.29) is 58.3 Å². The first kappa shape index (κ1) is 42.0. The van der Waals surface area contributed by atoms with Crippen LogP contribution < -0.4 is 18.9 Å². The van der Waals surface area contributed by atoms with Crippen molar-refractivity contribution in [3.63, 3.8) is 0 Å². The van der Waals surface area contributed by atoms with Crippen molar-refractivity contribution in [1.29, 1.82) is 0 Å². The van der Waals surface area contributed by atoms with Gasteiger partial charge in [-0.2, -0.15) is 0 Å². The van der Waals surface area contributed by atoms with Crippen molar-refractivity contribution in [2.24, 2.45) is 0 Å². The maximum Gasteiger partial charge on any atom is 0.343 e. The van der Waals surface area contributed by atoms with Gasteiger partial charge in [0, 0.05) is 35.8 Å². The SMILES string of the molecule is C=C(C)C(=O)OCCC(=O)/C=C/C(=O)Oc1ccc(C(=O)Oc2ccc(OC(=O)c3ccc(OC(=O)/C=C/C(=O)OCOC(=O)C(=C)C)cc3)c(C)c2)cc1. The van der Waals surface area contributed by atoms with E-state index in [0.29, 0.717) is 5.56 Å². The van der Waals surface area contributed by atoms with Crippen molar-refractivity contribution >= 4 is 47.6 Å². The van der Waals surface area contributed by atoms with Crippen LogP contribution in [0.15, 0.2) is 115 Å². The number of ether oxygens (including phenoxy) is 7. The van der Waals surface area contributed by atoms with Gasteiger partial charge >= 0.3 is 41.8 Å². The molecule has 15 nitrogen and oxygen atoms in total. The van der Waals surface area contributed by atoms with Crippen molar-refractivity contribution < 1.29 is 71.5 Å². The molecule has 0 amide bonds. The number of aryl methyl sites for hydroxylation is 1. The van der Waals surface area contributed by atoms with Gasteiger partial charge in [-0.15, -0.1) is 0 Å². The van der Waals surface area contributed by atoms with Crippen LogP contribution >= 0.6 is 0 Å². The third kappa shape index (κ3) is 14.6. The zero-order valence-electron chi connectivity index (χ0n) is 29.8. The molecule has 0 N–H and O–H groups in total. The molecule has 15 heteroatoms. The molecular formula is C40H34O15. The van der Waals surface area contributed by atoms with Crippen LogP contribution in [0.3, 0.4) is 0 Å². The second-order valence-corrected chi connectivity index (χ2v) is 11.2. The number of rotatable bonds is 17. The summed E-state index contributed by atoms with van der Waals surface area (Å²) in [5, 5.41) is 0. The van der Waals surface area contributed by atoms with E-state index in [9.17, 15) is 38.4 Å². The summed E-state index contributed by atoms with van der Waals surface area (Å²) in [6.07, 6.45) is 3.37. The summed E-state index contributed by atoms with van der Waals surface area (Å²) in [6.45, 7) is 10.5. The number of hydrogen-bond acceptors (Lipinski definition) is 15. The van der Waals surface area contributed by atoms with Gasteiger partial charge in [-0.1, -0.05) is 13.2 Å². The first-order chi connectivity index (χ1) is 26.1. The van der Waals surface area contributed by atoms with E-state index in [1.807, 2.05) is 0 Å².